The molecule has 0 fully saturated rings. The minimum Gasteiger partial charge on any atom is -0.483 e. The molecule has 34 heavy (non-hydrogen) atoms. The molecule has 2 aromatic heterocycles. The van der Waals surface area contributed by atoms with Crippen LogP contribution in [0.5, 0.6) is 5.75 Å². The second-order valence-electron chi connectivity index (χ2n) is 6.79. The van der Waals surface area contributed by atoms with Crippen molar-refractivity contribution in [1.29, 1.82) is 0 Å². The van der Waals surface area contributed by atoms with Crippen LogP contribution < -0.4 is 14.8 Å². The number of aromatic nitrogens is 2. The van der Waals surface area contributed by atoms with Gasteiger partial charge in [0.05, 0.1) is 4.90 Å². The van der Waals surface area contributed by atoms with E-state index in [1.807, 2.05) is 0 Å². The Bertz CT molecular complexity index is 1410. The highest BCUT2D eigenvalue weighted by atomic mass is 32.2. The van der Waals surface area contributed by atoms with Crippen molar-refractivity contribution in [3.05, 3.63) is 96.2 Å². The summed E-state index contributed by atoms with van der Waals surface area (Å²) in [5, 5.41) is 2.57. The molecule has 9 nitrogen and oxygen atoms in total. The van der Waals surface area contributed by atoms with Crippen LogP contribution in [0.15, 0.2) is 82.4 Å². The molecule has 0 saturated heterocycles. The topological polar surface area (TPSA) is 123 Å². The van der Waals surface area contributed by atoms with Crippen LogP contribution >= 0.6 is 0 Å². The Morgan fingerprint density at radius 3 is 2.44 bits per heavy atom. The molecule has 0 aliphatic carbocycles. The Morgan fingerprint density at radius 2 is 1.74 bits per heavy atom. The standard InChI is InChI=1S/C22H16F2N4O5S/c23-14-2-8-19(18(24)12-14)32-13-16-5-9-20(33-16)21(29)27-15-3-6-17(7-4-15)34(30,31)28-22-25-10-1-11-26-22/h1-12H,13H2,(H,27,29)(H,25,26,28). The lowest BCUT2D eigenvalue weighted by molar-refractivity contribution is 0.0992. The van der Waals surface area contributed by atoms with E-state index < -0.39 is 27.6 Å². The third-order valence-electron chi connectivity index (χ3n) is 4.36. The van der Waals surface area contributed by atoms with Gasteiger partial charge in [0.25, 0.3) is 15.9 Å². The van der Waals surface area contributed by atoms with Gasteiger partial charge in [0.15, 0.2) is 17.3 Å². The third kappa shape index (κ3) is 5.53. The summed E-state index contributed by atoms with van der Waals surface area (Å²) in [6.07, 6.45) is 2.80. The predicted molar refractivity (Wildman–Crippen MR) is 117 cm³/mol. The second kappa shape index (κ2) is 9.67. The Kier molecular flexibility index (Phi) is 6.50. The van der Waals surface area contributed by atoms with E-state index in [4.69, 9.17) is 9.15 Å². The molecule has 0 saturated carbocycles. The maximum absolute atomic E-state index is 13.6. The summed E-state index contributed by atoms with van der Waals surface area (Å²) < 4.78 is 64.3. The molecule has 0 spiro atoms. The van der Waals surface area contributed by atoms with Gasteiger partial charge in [0, 0.05) is 24.1 Å². The maximum Gasteiger partial charge on any atom is 0.291 e. The molecule has 0 aliphatic heterocycles. The summed E-state index contributed by atoms with van der Waals surface area (Å²) in [5.74, 6) is -2.21. The first-order valence-corrected chi connectivity index (χ1v) is 11.2. The van der Waals surface area contributed by atoms with E-state index in [0.717, 1.165) is 12.1 Å². The van der Waals surface area contributed by atoms with Crippen LogP contribution in [-0.4, -0.2) is 24.3 Å². The minimum atomic E-state index is -3.91. The van der Waals surface area contributed by atoms with Crippen LogP contribution in [0.2, 0.25) is 0 Å². The Hall–Kier alpha value is -4.32. The van der Waals surface area contributed by atoms with Crippen molar-refractivity contribution in [3.63, 3.8) is 0 Å². The first-order chi connectivity index (χ1) is 16.3. The van der Waals surface area contributed by atoms with Crippen molar-refractivity contribution in [2.45, 2.75) is 11.5 Å². The summed E-state index contributed by atoms with van der Waals surface area (Å²) in [6, 6.07) is 12.7. The van der Waals surface area contributed by atoms with E-state index >= 15 is 0 Å². The number of nitrogens with one attached hydrogen (secondary N) is 2. The number of sulfonamides is 1. The number of amides is 1. The second-order valence-corrected chi connectivity index (χ2v) is 8.47. The molecule has 4 rings (SSSR count). The molecule has 174 valence electrons. The molecule has 4 aromatic rings. The average Bonchev–Trinajstić information content (AvgIpc) is 3.29. The number of benzene rings is 2. The van der Waals surface area contributed by atoms with Gasteiger partial charge in [-0.05, 0) is 54.6 Å². The first kappa shape index (κ1) is 22.9. The largest absolute Gasteiger partial charge is 0.483 e. The van der Waals surface area contributed by atoms with Crippen LogP contribution in [0.4, 0.5) is 20.4 Å². The van der Waals surface area contributed by atoms with Gasteiger partial charge in [-0.2, -0.15) is 0 Å². The summed E-state index contributed by atoms with van der Waals surface area (Å²) in [4.78, 5) is 20.0. The van der Waals surface area contributed by atoms with Crippen molar-refractivity contribution in [2.75, 3.05) is 10.0 Å². The number of anilines is 2. The number of rotatable bonds is 8. The molecule has 2 aromatic carbocycles. The van der Waals surface area contributed by atoms with Crippen molar-refractivity contribution >= 4 is 27.6 Å². The number of furan rings is 1. The average molecular weight is 486 g/mol. The number of carbonyl (C=O) groups is 1. The molecule has 0 radical (unpaired) electrons. The zero-order chi connectivity index (χ0) is 24.1. The highest BCUT2D eigenvalue weighted by Crippen LogP contribution is 2.21. The summed E-state index contributed by atoms with van der Waals surface area (Å²) >= 11 is 0. The fourth-order valence-corrected chi connectivity index (χ4v) is 3.72. The molecule has 1 amide bonds. The molecule has 2 heterocycles. The SMILES string of the molecule is O=C(Nc1ccc(S(=O)(=O)Nc2ncccn2)cc1)c1ccc(COc2ccc(F)cc2F)o1. The number of hydrogen-bond donors (Lipinski definition) is 2. The molecule has 12 heteroatoms. The van der Waals surface area contributed by atoms with Gasteiger partial charge in [-0.1, -0.05) is 0 Å². The molecule has 0 bridgehead atoms. The van der Waals surface area contributed by atoms with E-state index in [0.29, 0.717) is 11.8 Å². The monoisotopic (exact) mass is 486 g/mol. The van der Waals surface area contributed by atoms with E-state index in [1.54, 1.807) is 6.07 Å². The van der Waals surface area contributed by atoms with Gasteiger partial charge >= 0.3 is 0 Å². The molecule has 0 unspecified atom stereocenters. The van der Waals surface area contributed by atoms with Crippen molar-refractivity contribution in [2.24, 2.45) is 0 Å². The van der Waals surface area contributed by atoms with E-state index in [2.05, 4.69) is 20.0 Å². The number of halogens is 2. The van der Waals surface area contributed by atoms with Crippen LogP contribution in [0, 0.1) is 11.6 Å². The van der Waals surface area contributed by atoms with Gasteiger partial charge in [-0.15, -0.1) is 0 Å². The summed E-state index contributed by atoms with van der Waals surface area (Å²) in [6.45, 7) is -0.180. The zero-order valence-corrected chi connectivity index (χ0v) is 18.1. The van der Waals surface area contributed by atoms with E-state index in [9.17, 15) is 22.0 Å². The van der Waals surface area contributed by atoms with Crippen molar-refractivity contribution < 1.29 is 31.1 Å². The van der Waals surface area contributed by atoms with Crippen LogP contribution in [0.1, 0.15) is 16.3 Å². The third-order valence-corrected chi connectivity index (χ3v) is 5.71. The van der Waals surface area contributed by atoms with Crippen molar-refractivity contribution in [1.82, 2.24) is 9.97 Å². The summed E-state index contributed by atoms with van der Waals surface area (Å²) in [7, 11) is -3.91. The lowest BCUT2D eigenvalue weighted by Gasteiger charge is -2.08. The van der Waals surface area contributed by atoms with Crippen LogP contribution in [0.3, 0.4) is 0 Å². The molecule has 0 atom stereocenters. The van der Waals surface area contributed by atoms with Crippen LogP contribution in [0.25, 0.3) is 0 Å². The highest BCUT2D eigenvalue weighted by molar-refractivity contribution is 7.92. The molecular formula is C22H16F2N4O5S. The van der Waals surface area contributed by atoms with Gasteiger partial charge < -0.3 is 14.5 Å². The Morgan fingerprint density at radius 1 is 1.00 bits per heavy atom. The highest BCUT2D eigenvalue weighted by Gasteiger charge is 2.17. The van der Waals surface area contributed by atoms with Crippen molar-refractivity contribution in [3.8, 4) is 5.75 Å². The lowest BCUT2D eigenvalue weighted by Crippen LogP contribution is -2.15. The van der Waals surface area contributed by atoms with Gasteiger partial charge in [-0.3, -0.25) is 4.79 Å². The minimum absolute atomic E-state index is 0.0437. The fourth-order valence-electron chi connectivity index (χ4n) is 2.76. The lowest BCUT2D eigenvalue weighted by atomic mass is 10.3. The number of hydrogen-bond acceptors (Lipinski definition) is 7. The normalized spacial score (nSPS) is 11.1. The van der Waals surface area contributed by atoms with Gasteiger partial charge in [0.1, 0.15) is 18.2 Å². The Labute approximate surface area is 192 Å². The summed E-state index contributed by atoms with van der Waals surface area (Å²) in [5.41, 5.74) is 0.322. The molecule has 0 aliphatic rings. The Balaban J connectivity index is 1.36. The maximum atomic E-state index is 13.6. The number of nitrogens with zero attached hydrogens (tertiary/aromatic N) is 2. The van der Waals surface area contributed by atoms with Gasteiger partial charge in [0.2, 0.25) is 5.95 Å². The quantitative estimate of drug-likeness (QED) is 0.386. The number of carbonyl (C=O) groups excluding carboxylic acids is 1. The molecule has 2 N–H and O–H groups in total. The first-order valence-electron chi connectivity index (χ1n) is 9.68. The smallest absolute Gasteiger partial charge is 0.291 e. The van der Waals surface area contributed by atoms with Crippen LogP contribution in [-0.2, 0) is 16.6 Å². The fraction of sp³-hybridized carbons (Fsp3) is 0.0455. The van der Waals surface area contributed by atoms with E-state index in [-0.39, 0.29) is 34.7 Å². The predicted octanol–water partition coefficient (Wildman–Crippen LogP) is 3.98. The zero-order valence-electron chi connectivity index (χ0n) is 17.2. The van der Waals surface area contributed by atoms with Gasteiger partial charge in [-0.25, -0.2) is 31.9 Å². The molecular weight excluding hydrogens is 470 g/mol. The number of ether oxygens (including phenoxy) is 1. The van der Waals surface area contributed by atoms with E-state index in [1.165, 1.54) is 48.8 Å².